The molecule has 2 nitrogen and oxygen atoms in total. The molecule has 0 radical (unpaired) electrons. The Morgan fingerprint density at radius 2 is 1.65 bits per heavy atom. The van der Waals surface area contributed by atoms with Gasteiger partial charge < -0.3 is 10.2 Å². The molecule has 20 heavy (non-hydrogen) atoms. The van der Waals surface area contributed by atoms with E-state index in [0.717, 1.165) is 23.5 Å². The van der Waals surface area contributed by atoms with E-state index in [-0.39, 0.29) is 6.04 Å². The first-order chi connectivity index (χ1) is 9.47. The Hall–Kier alpha value is -2.10. The minimum absolute atomic E-state index is 0.309. The highest BCUT2D eigenvalue weighted by Crippen LogP contribution is 2.24. The van der Waals surface area contributed by atoms with Crippen molar-refractivity contribution in [2.75, 3.05) is 24.3 Å². The number of hydrogen-bond donors (Lipinski definition) is 1. The molecule has 1 unspecified atom stereocenters. The van der Waals surface area contributed by atoms with Crippen molar-refractivity contribution in [3.63, 3.8) is 0 Å². The van der Waals surface area contributed by atoms with Gasteiger partial charge in [-0.05, 0) is 49.4 Å². The third-order valence-corrected chi connectivity index (χ3v) is 3.19. The Kier molecular flexibility index (Phi) is 4.23. The average Bonchev–Trinajstić information content (AvgIpc) is 2.42. The molecule has 106 valence electrons. The molecule has 0 saturated carbocycles. The van der Waals surface area contributed by atoms with Crippen LogP contribution < -0.4 is 10.2 Å². The summed E-state index contributed by atoms with van der Waals surface area (Å²) < 4.78 is 26.9. The van der Waals surface area contributed by atoms with Crippen LogP contribution in [0.3, 0.4) is 0 Å². The maximum absolute atomic E-state index is 13.7. The second-order valence-corrected chi connectivity index (χ2v) is 4.97. The van der Waals surface area contributed by atoms with Crippen molar-refractivity contribution >= 4 is 11.4 Å². The van der Waals surface area contributed by atoms with Crippen molar-refractivity contribution in [1.82, 2.24) is 0 Å². The van der Waals surface area contributed by atoms with Gasteiger partial charge in [-0.25, -0.2) is 8.78 Å². The molecule has 2 aromatic rings. The molecule has 0 aliphatic carbocycles. The third kappa shape index (κ3) is 3.26. The minimum Gasteiger partial charge on any atom is -0.378 e. The molecule has 0 bridgehead atoms. The summed E-state index contributed by atoms with van der Waals surface area (Å²) >= 11 is 0. The zero-order valence-corrected chi connectivity index (χ0v) is 11.8. The van der Waals surface area contributed by atoms with Crippen molar-refractivity contribution in [2.24, 2.45) is 0 Å². The van der Waals surface area contributed by atoms with Gasteiger partial charge in [-0.3, -0.25) is 0 Å². The van der Waals surface area contributed by atoms with E-state index in [9.17, 15) is 8.78 Å². The Morgan fingerprint density at radius 1 is 1.00 bits per heavy atom. The largest absolute Gasteiger partial charge is 0.378 e. The number of nitrogens with one attached hydrogen (secondary N) is 1. The maximum atomic E-state index is 13.7. The first-order valence-electron chi connectivity index (χ1n) is 6.46. The first-order valence-corrected chi connectivity index (χ1v) is 6.46. The van der Waals surface area contributed by atoms with Gasteiger partial charge in [0.05, 0.1) is 6.04 Å². The normalized spacial score (nSPS) is 12.1. The number of rotatable bonds is 4. The lowest BCUT2D eigenvalue weighted by atomic mass is 10.1. The molecule has 0 aliphatic rings. The van der Waals surface area contributed by atoms with Crippen LogP contribution in [0.5, 0.6) is 0 Å². The highest BCUT2D eigenvalue weighted by atomic mass is 19.1. The van der Waals surface area contributed by atoms with Crippen molar-refractivity contribution in [2.45, 2.75) is 13.0 Å². The van der Waals surface area contributed by atoms with Crippen molar-refractivity contribution in [3.8, 4) is 0 Å². The minimum atomic E-state index is -0.432. The summed E-state index contributed by atoms with van der Waals surface area (Å²) in [4.78, 5) is 2.00. The number of hydrogen-bond acceptors (Lipinski definition) is 2. The summed E-state index contributed by atoms with van der Waals surface area (Å²) in [6.45, 7) is 1.80. The van der Waals surface area contributed by atoms with Crippen LogP contribution in [0.2, 0.25) is 0 Å². The lowest BCUT2D eigenvalue weighted by molar-refractivity contribution is 0.577. The van der Waals surface area contributed by atoms with Gasteiger partial charge >= 0.3 is 0 Å². The SMILES string of the molecule is CC(Nc1ccc(N(C)C)cc1)c1cc(F)ccc1F. The molecule has 4 heteroatoms. The maximum Gasteiger partial charge on any atom is 0.128 e. The van der Waals surface area contributed by atoms with Crippen molar-refractivity contribution in [1.29, 1.82) is 0 Å². The molecule has 0 fully saturated rings. The van der Waals surface area contributed by atoms with Gasteiger partial charge in [-0.1, -0.05) is 0 Å². The number of halogens is 2. The highest BCUT2D eigenvalue weighted by molar-refractivity contribution is 5.55. The molecule has 1 N–H and O–H groups in total. The van der Waals surface area contributed by atoms with E-state index in [1.165, 1.54) is 6.07 Å². The molecule has 1 atom stereocenters. The van der Waals surface area contributed by atoms with E-state index in [2.05, 4.69) is 5.32 Å². The molecule has 0 saturated heterocycles. The van der Waals surface area contributed by atoms with Crippen LogP contribution in [0.4, 0.5) is 20.2 Å². The zero-order chi connectivity index (χ0) is 14.7. The smallest absolute Gasteiger partial charge is 0.128 e. The summed E-state index contributed by atoms with van der Waals surface area (Å²) in [5.41, 5.74) is 2.27. The summed E-state index contributed by atoms with van der Waals surface area (Å²) in [5, 5.41) is 3.17. The standard InChI is InChI=1S/C16H18F2N2/c1-11(15-10-12(17)4-9-16(15)18)19-13-5-7-14(8-6-13)20(2)3/h4-11,19H,1-3H3. The fourth-order valence-corrected chi connectivity index (χ4v) is 2.03. The number of benzene rings is 2. The zero-order valence-electron chi connectivity index (χ0n) is 11.8. The molecule has 2 aromatic carbocycles. The van der Waals surface area contributed by atoms with Crippen molar-refractivity contribution < 1.29 is 8.78 Å². The van der Waals surface area contributed by atoms with E-state index in [0.29, 0.717) is 5.56 Å². The van der Waals surface area contributed by atoms with Gasteiger partial charge in [0.1, 0.15) is 11.6 Å². The topological polar surface area (TPSA) is 15.3 Å². The van der Waals surface area contributed by atoms with E-state index in [1.807, 2.05) is 43.3 Å². The molecule has 0 aromatic heterocycles. The Bertz CT molecular complexity index is 580. The van der Waals surface area contributed by atoms with Gasteiger partial charge in [0.2, 0.25) is 0 Å². The van der Waals surface area contributed by atoms with Gasteiger partial charge in [-0.2, -0.15) is 0 Å². The second-order valence-electron chi connectivity index (χ2n) is 4.97. The fourth-order valence-electron chi connectivity index (χ4n) is 2.03. The van der Waals surface area contributed by atoms with Crippen LogP contribution in [0.25, 0.3) is 0 Å². The predicted octanol–water partition coefficient (Wildman–Crippen LogP) is 4.20. The van der Waals surface area contributed by atoms with Crippen LogP contribution in [-0.2, 0) is 0 Å². The van der Waals surface area contributed by atoms with Gasteiger partial charge in [0, 0.05) is 31.0 Å². The van der Waals surface area contributed by atoms with E-state index >= 15 is 0 Å². The highest BCUT2D eigenvalue weighted by Gasteiger charge is 2.12. The Balaban J connectivity index is 2.14. The Morgan fingerprint density at radius 3 is 2.25 bits per heavy atom. The molecule has 0 aliphatic heterocycles. The van der Waals surface area contributed by atoms with Crippen LogP contribution >= 0.6 is 0 Å². The average molecular weight is 276 g/mol. The van der Waals surface area contributed by atoms with E-state index in [1.54, 1.807) is 6.92 Å². The van der Waals surface area contributed by atoms with Crippen LogP contribution in [0.1, 0.15) is 18.5 Å². The van der Waals surface area contributed by atoms with Gasteiger partial charge in [-0.15, -0.1) is 0 Å². The number of nitrogens with zero attached hydrogens (tertiary/aromatic N) is 1. The van der Waals surface area contributed by atoms with Crippen molar-refractivity contribution in [3.05, 3.63) is 59.7 Å². The summed E-state index contributed by atoms with van der Waals surface area (Å²) in [5.74, 6) is -0.839. The van der Waals surface area contributed by atoms with E-state index < -0.39 is 11.6 Å². The Labute approximate surface area is 118 Å². The molecule has 2 rings (SSSR count). The first kappa shape index (κ1) is 14.3. The van der Waals surface area contributed by atoms with Crippen LogP contribution in [-0.4, -0.2) is 14.1 Å². The lowest BCUT2D eigenvalue weighted by Gasteiger charge is -2.18. The van der Waals surface area contributed by atoms with Gasteiger partial charge in [0.15, 0.2) is 0 Å². The summed E-state index contributed by atoms with van der Waals surface area (Å²) in [7, 11) is 3.93. The molecule has 0 spiro atoms. The van der Waals surface area contributed by atoms with E-state index in [4.69, 9.17) is 0 Å². The third-order valence-electron chi connectivity index (χ3n) is 3.19. The monoisotopic (exact) mass is 276 g/mol. The second kappa shape index (κ2) is 5.90. The molecule has 0 heterocycles. The fraction of sp³-hybridized carbons (Fsp3) is 0.250. The molecule has 0 amide bonds. The number of anilines is 2. The quantitative estimate of drug-likeness (QED) is 0.900. The van der Waals surface area contributed by atoms with Gasteiger partial charge in [0.25, 0.3) is 0 Å². The lowest BCUT2D eigenvalue weighted by Crippen LogP contribution is -2.10. The summed E-state index contributed by atoms with van der Waals surface area (Å²) in [6.07, 6.45) is 0. The van der Waals surface area contributed by atoms with Crippen LogP contribution in [0, 0.1) is 11.6 Å². The molecular formula is C16H18F2N2. The molecular weight excluding hydrogens is 258 g/mol. The van der Waals surface area contributed by atoms with Crippen LogP contribution in [0.15, 0.2) is 42.5 Å². The summed E-state index contributed by atoms with van der Waals surface area (Å²) in [6, 6.07) is 11.0. The predicted molar refractivity (Wildman–Crippen MR) is 79.2 cm³/mol.